The molecule has 0 aromatic heterocycles. The normalized spacial score (nSPS) is 14.6. The monoisotopic (exact) mass is 164 g/mol. The van der Waals surface area contributed by atoms with E-state index in [2.05, 4.69) is 9.69 Å². The number of hydrogen-bond acceptors (Lipinski definition) is 0. The first-order chi connectivity index (χ1) is 5.29. The summed E-state index contributed by atoms with van der Waals surface area (Å²) in [4.78, 5) is 7.05. The van der Waals surface area contributed by atoms with Gasteiger partial charge in [-0.3, -0.25) is 0 Å². The van der Waals surface area contributed by atoms with Crippen molar-refractivity contribution in [2.24, 2.45) is 5.41 Å². The molecule has 0 saturated carbocycles. The van der Waals surface area contributed by atoms with E-state index in [1.165, 1.54) is 0 Å². The van der Waals surface area contributed by atoms with Crippen LogP contribution in [0.2, 0.25) is 0 Å². The van der Waals surface area contributed by atoms with Crippen molar-refractivity contribution in [2.45, 2.75) is 46.2 Å². The van der Waals surface area contributed by atoms with Crippen molar-refractivity contribution in [3.05, 3.63) is 22.8 Å². The molecule has 0 spiro atoms. The average Bonchev–Trinajstić information content (AvgIpc) is 2.02. The van der Waals surface area contributed by atoms with Crippen LogP contribution in [0.15, 0.2) is 0 Å². The first kappa shape index (κ1) is 11.0. The molecule has 0 aliphatic heterocycles. The minimum absolute atomic E-state index is 0.110. The van der Waals surface area contributed by atoms with Gasteiger partial charge in [0.2, 0.25) is 11.6 Å². The lowest BCUT2D eigenvalue weighted by molar-refractivity contribution is 0.220. The number of rotatable bonds is 2. The van der Waals surface area contributed by atoms with E-state index < -0.39 is 5.54 Å². The fraction of sp³-hybridized carbons (Fsp3) is 0.800. The first-order valence-corrected chi connectivity index (χ1v) is 4.05. The predicted molar refractivity (Wildman–Crippen MR) is 50.5 cm³/mol. The Hall–Kier alpha value is -1.02. The van der Waals surface area contributed by atoms with Crippen molar-refractivity contribution in [1.82, 2.24) is 0 Å². The molecule has 0 amide bonds. The van der Waals surface area contributed by atoms with Crippen LogP contribution >= 0.6 is 0 Å². The van der Waals surface area contributed by atoms with Gasteiger partial charge in [0.15, 0.2) is 0 Å². The molecule has 0 radical (unpaired) electrons. The smallest absolute Gasteiger partial charge is 0.239 e. The van der Waals surface area contributed by atoms with Crippen molar-refractivity contribution < 1.29 is 0 Å². The second-order valence-corrected chi connectivity index (χ2v) is 4.20. The van der Waals surface area contributed by atoms with E-state index in [1.54, 1.807) is 0 Å². The molecule has 0 aromatic rings. The Kier molecular flexibility index (Phi) is 2.88. The fourth-order valence-corrected chi connectivity index (χ4v) is 0.817. The van der Waals surface area contributed by atoms with Gasteiger partial charge in [-0.05, 0) is 13.8 Å². The van der Waals surface area contributed by atoms with Gasteiger partial charge in [0.25, 0.3) is 0 Å². The van der Waals surface area contributed by atoms with E-state index in [1.807, 2.05) is 34.6 Å². The molecule has 0 N–H and O–H groups in total. The van der Waals surface area contributed by atoms with E-state index in [9.17, 15) is 0 Å². The topological polar surface area (TPSA) is 8.72 Å². The second-order valence-electron chi connectivity index (χ2n) is 4.20. The number of nitrogens with zero attached hydrogens (tertiary/aromatic N) is 2. The summed E-state index contributed by atoms with van der Waals surface area (Å²) in [6.45, 7) is 23.6. The van der Waals surface area contributed by atoms with Crippen LogP contribution in [0.25, 0.3) is 9.69 Å². The quantitative estimate of drug-likeness (QED) is 0.555. The third kappa shape index (κ3) is 1.59. The van der Waals surface area contributed by atoms with Crippen LogP contribution in [0, 0.1) is 18.6 Å². The zero-order valence-corrected chi connectivity index (χ0v) is 8.47. The molecular formula is C10H16N2. The van der Waals surface area contributed by atoms with E-state index in [0.717, 1.165) is 0 Å². The lowest BCUT2D eigenvalue weighted by atomic mass is 9.70. The largest absolute Gasteiger partial charge is 0.313 e. The summed E-state index contributed by atoms with van der Waals surface area (Å²) in [7, 11) is 0. The third-order valence-corrected chi connectivity index (χ3v) is 3.09. The van der Waals surface area contributed by atoms with Gasteiger partial charge in [-0.1, -0.05) is 0 Å². The maximum absolute atomic E-state index is 7.05. The van der Waals surface area contributed by atoms with Gasteiger partial charge >= 0.3 is 0 Å². The van der Waals surface area contributed by atoms with Crippen LogP contribution in [-0.2, 0) is 0 Å². The molecule has 0 rings (SSSR count). The van der Waals surface area contributed by atoms with Gasteiger partial charge in [0.1, 0.15) is 5.41 Å². The molecule has 0 fully saturated rings. The Morgan fingerprint density at radius 3 is 1.75 bits per heavy atom. The van der Waals surface area contributed by atoms with Crippen LogP contribution in [-0.4, -0.2) is 11.6 Å². The lowest BCUT2D eigenvalue weighted by Gasteiger charge is -2.30. The van der Waals surface area contributed by atoms with E-state index in [-0.39, 0.29) is 11.5 Å². The molecule has 2 nitrogen and oxygen atoms in total. The van der Waals surface area contributed by atoms with Gasteiger partial charge in [0.05, 0.1) is 0 Å². The molecule has 0 aliphatic carbocycles. The summed E-state index contributed by atoms with van der Waals surface area (Å²) >= 11 is 0. The zero-order valence-electron chi connectivity index (χ0n) is 8.47. The highest BCUT2D eigenvalue weighted by molar-refractivity contribution is 5.08. The highest BCUT2D eigenvalue weighted by Crippen LogP contribution is 2.38. The SMILES string of the molecule is [C-]#[N+]C(C)C(C)(C)C(C)(C)[N+]#[C-]. The highest BCUT2D eigenvalue weighted by Gasteiger charge is 2.50. The molecule has 12 heavy (non-hydrogen) atoms. The van der Waals surface area contributed by atoms with Gasteiger partial charge in [-0.15, -0.1) is 0 Å². The second kappa shape index (κ2) is 3.15. The summed E-state index contributed by atoms with van der Waals surface area (Å²) in [5.74, 6) is 0. The Labute approximate surface area is 75.2 Å². The Morgan fingerprint density at radius 1 is 1.08 bits per heavy atom. The van der Waals surface area contributed by atoms with Crippen molar-refractivity contribution in [2.75, 3.05) is 0 Å². The summed E-state index contributed by atoms with van der Waals surface area (Å²) < 4.78 is 0. The molecule has 0 saturated heterocycles. The third-order valence-electron chi connectivity index (χ3n) is 3.09. The number of hydrogen-bond donors (Lipinski definition) is 0. The Bertz CT molecular complexity index is 238. The summed E-state index contributed by atoms with van der Waals surface area (Å²) in [5.41, 5.74) is -0.715. The summed E-state index contributed by atoms with van der Waals surface area (Å²) in [6, 6.07) is -0.110. The Morgan fingerprint density at radius 2 is 1.50 bits per heavy atom. The molecule has 66 valence electrons. The van der Waals surface area contributed by atoms with Crippen molar-refractivity contribution in [3.8, 4) is 0 Å². The van der Waals surface area contributed by atoms with E-state index in [4.69, 9.17) is 13.1 Å². The molecule has 2 heteroatoms. The molecule has 0 aliphatic rings. The van der Waals surface area contributed by atoms with E-state index in [0.29, 0.717) is 0 Å². The van der Waals surface area contributed by atoms with Crippen LogP contribution in [0.1, 0.15) is 34.6 Å². The summed E-state index contributed by atoms with van der Waals surface area (Å²) in [6.07, 6.45) is 0. The van der Waals surface area contributed by atoms with Crippen molar-refractivity contribution in [3.63, 3.8) is 0 Å². The molecule has 0 bridgehead atoms. The first-order valence-electron chi connectivity index (χ1n) is 4.05. The predicted octanol–water partition coefficient (Wildman–Crippen LogP) is 3.02. The molecular weight excluding hydrogens is 148 g/mol. The lowest BCUT2D eigenvalue weighted by Crippen LogP contribution is -2.42. The van der Waals surface area contributed by atoms with Crippen LogP contribution in [0.5, 0.6) is 0 Å². The van der Waals surface area contributed by atoms with Crippen molar-refractivity contribution in [1.29, 1.82) is 0 Å². The van der Waals surface area contributed by atoms with Gasteiger partial charge < -0.3 is 9.69 Å². The fourth-order valence-electron chi connectivity index (χ4n) is 0.817. The van der Waals surface area contributed by atoms with Crippen LogP contribution < -0.4 is 0 Å². The molecule has 1 atom stereocenters. The standard InChI is InChI=1S/C10H16N2/c1-8(11-6)9(2,3)10(4,5)12-7/h8H,1-5H3. The minimum atomic E-state index is -0.461. The maximum atomic E-state index is 7.05. The minimum Gasteiger partial charge on any atom is -0.313 e. The molecule has 1 unspecified atom stereocenters. The van der Waals surface area contributed by atoms with E-state index >= 15 is 0 Å². The van der Waals surface area contributed by atoms with Gasteiger partial charge in [0, 0.05) is 20.8 Å². The molecule has 0 heterocycles. The van der Waals surface area contributed by atoms with Crippen molar-refractivity contribution >= 4 is 0 Å². The van der Waals surface area contributed by atoms with Crippen LogP contribution in [0.3, 0.4) is 0 Å². The average molecular weight is 164 g/mol. The Balaban J connectivity index is 4.90. The summed E-state index contributed by atoms with van der Waals surface area (Å²) in [5, 5.41) is 0. The van der Waals surface area contributed by atoms with Gasteiger partial charge in [-0.2, -0.15) is 0 Å². The molecule has 0 aromatic carbocycles. The highest BCUT2D eigenvalue weighted by atomic mass is 14.9. The van der Waals surface area contributed by atoms with Crippen LogP contribution in [0.4, 0.5) is 0 Å². The zero-order chi connectivity index (χ0) is 9.99. The van der Waals surface area contributed by atoms with Gasteiger partial charge in [-0.25, -0.2) is 13.1 Å². The maximum Gasteiger partial charge on any atom is 0.239 e.